The number of nitrogens with two attached hydrogens (primary N) is 1. The summed E-state index contributed by atoms with van der Waals surface area (Å²) in [6.07, 6.45) is 0.769. The first-order valence-corrected chi connectivity index (χ1v) is 8.02. The van der Waals surface area contributed by atoms with E-state index in [4.69, 9.17) is 10.2 Å². The van der Waals surface area contributed by atoms with Crippen LogP contribution in [0.15, 0.2) is 21.6 Å². The van der Waals surface area contributed by atoms with Gasteiger partial charge in [0.25, 0.3) is 10.0 Å². The molecule has 0 spiro atoms. The van der Waals surface area contributed by atoms with Crippen LogP contribution in [0.1, 0.15) is 26.0 Å². The van der Waals surface area contributed by atoms with Crippen LogP contribution in [-0.4, -0.2) is 39.5 Å². The molecule has 3 N–H and O–H groups in total. The molecular weight excluding hydrogens is 266 g/mol. The van der Waals surface area contributed by atoms with Gasteiger partial charge in [-0.1, -0.05) is 13.8 Å². The standard InChI is InChI=1S/C12H23N3O3S/c1-3-15(4-2)9-5-8-14-19(16,17)12-7-6-11(10-13)18-12/h6-7,14H,3-5,8-10,13H2,1-2H3. The largest absolute Gasteiger partial charge is 0.447 e. The summed E-state index contributed by atoms with van der Waals surface area (Å²) in [5.41, 5.74) is 5.38. The molecule has 1 aromatic heterocycles. The molecule has 0 fully saturated rings. The lowest BCUT2D eigenvalue weighted by atomic mass is 10.4. The van der Waals surface area contributed by atoms with Crippen LogP contribution >= 0.6 is 0 Å². The van der Waals surface area contributed by atoms with Gasteiger partial charge < -0.3 is 15.1 Å². The second kappa shape index (κ2) is 7.64. The Hall–Kier alpha value is -0.890. The molecule has 0 atom stereocenters. The fourth-order valence-corrected chi connectivity index (χ4v) is 2.75. The number of nitrogens with one attached hydrogen (secondary N) is 1. The van der Waals surface area contributed by atoms with Crippen LogP contribution in [0, 0.1) is 0 Å². The van der Waals surface area contributed by atoms with Crippen molar-refractivity contribution >= 4 is 10.0 Å². The molecule has 1 heterocycles. The second-order valence-corrected chi connectivity index (χ2v) is 5.90. The van der Waals surface area contributed by atoms with Gasteiger partial charge in [-0.05, 0) is 38.2 Å². The van der Waals surface area contributed by atoms with E-state index < -0.39 is 10.0 Å². The van der Waals surface area contributed by atoms with Crippen molar-refractivity contribution < 1.29 is 12.8 Å². The van der Waals surface area contributed by atoms with Crippen LogP contribution < -0.4 is 10.5 Å². The van der Waals surface area contributed by atoms with E-state index in [1.807, 2.05) is 0 Å². The first-order valence-electron chi connectivity index (χ1n) is 6.54. The van der Waals surface area contributed by atoms with Crippen molar-refractivity contribution in [2.75, 3.05) is 26.2 Å². The predicted molar refractivity (Wildman–Crippen MR) is 74.2 cm³/mol. The highest BCUT2D eigenvalue weighted by molar-refractivity contribution is 7.89. The molecule has 6 nitrogen and oxygen atoms in total. The number of sulfonamides is 1. The van der Waals surface area contributed by atoms with E-state index in [0.29, 0.717) is 12.3 Å². The number of furan rings is 1. The molecule has 0 radical (unpaired) electrons. The smallest absolute Gasteiger partial charge is 0.273 e. The minimum atomic E-state index is -3.55. The molecule has 19 heavy (non-hydrogen) atoms. The molecule has 0 amide bonds. The summed E-state index contributed by atoms with van der Waals surface area (Å²) in [5.74, 6) is 0.462. The van der Waals surface area contributed by atoms with Crippen LogP contribution in [0.3, 0.4) is 0 Å². The van der Waals surface area contributed by atoms with E-state index in [1.165, 1.54) is 6.07 Å². The topological polar surface area (TPSA) is 88.6 Å². The molecule has 0 saturated heterocycles. The normalized spacial score (nSPS) is 12.2. The second-order valence-electron chi connectivity index (χ2n) is 4.20. The van der Waals surface area contributed by atoms with Crippen LogP contribution in [0.25, 0.3) is 0 Å². The third-order valence-electron chi connectivity index (χ3n) is 2.94. The Balaban J connectivity index is 2.43. The van der Waals surface area contributed by atoms with Gasteiger partial charge in [-0.25, -0.2) is 13.1 Å². The Bertz CT molecular complexity index is 466. The number of hydrogen-bond donors (Lipinski definition) is 2. The quantitative estimate of drug-likeness (QED) is 0.655. The highest BCUT2D eigenvalue weighted by Gasteiger charge is 2.17. The first-order chi connectivity index (χ1) is 9.03. The summed E-state index contributed by atoms with van der Waals surface area (Å²) in [6.45, 7) is 7.59. The molecule has 0 bridgehead atoms. The fourth-order valence-electron chi connectivity index (χ4n) is 1.73. The molecule has 0 aliphatic carbocycles. The van der Waals surface area contributed by atoms with E-state index in [1.54, 1.807) is 6.07 Å². The minimum Gasteiger partial charge on any atom is -0.447 e. The lowest BCUT2D eigenvalue weighted by molar-refractivity contribution is 0.300. The monoisotopic (exact) mass is 289 g/mol. The van der Waals surface area contributed by atoms with Gasteiger partial charge >= 0.3 is 0 Å². The van der Waals surface area contributed by atoms with Crippen molar-refractivity contribution in [1.29, 1.82) is 0 Å². The zero-order valence-corrected chi connectivity index (χ0v) is 12.4. The highest BCUT2D eigenvalue weighted by atomic mass is 32.2. The molecule has 0 aliphatic rings. The number of hydrogen-bond acceptors (Lipinski definition) is 5. The summed E-state index contributed by atoms with van der Waals surface area (Å²) in [4.78, 5) is 2.24. The van der Waals surface area contributed by atoms with E-state index in [9.17, 15) is 8.42 Å². The fraction of sp³-hybridized carbons (Fsp3) is 0.667. The van der Waals surface area contributed by atoms with Crippen molar-refractivity contribution in [3.05, 3.63) is 17.9 Å². The van der Waals surface area contributed by atoms with Crippen molar-refractivity contribution in [2.24, 2.45) is 5.73 Å². The van der Waals surface area contributed by atoms with Crippen LogP contribution in [0.4, 0.5) is 0 Å². The van der Waals surface area contributed by atoms with Gasteiger partial charge in [0.05, 0.1) is 6.54 Å². The lowest BCUT2D eigenvalue weighted by Gasteiger charge is -2.17. The van der Waals surface area contributed by atoms with Gasteiger partial charge in [-0.3, -0.25) is 0 Å². The minimum absolute atomic E-state index is 0.0733. The maximum absolute atomic E-state index is 11.9. The van der Waals surface area contributed by atoms with Crippen molar-refractivity contribution in [2.45, 2.75) is 31.9 Å². The van der Waals surface area contributed by atoms with Crippen molar-refractivity contribution in [3.8, 4) is 0 Å². The zero-order chi connectivity index (χ0) is 14.3. The maximum Gasteiger partial charge on any atom is 0.273 e. The van der Waals surface area contributed by atoms with Gasteiger partial charge in [-0.2, -0.15) is 0 Å². The Kier molecular flexibility index (Phi) is 6.50. The van der Waals surface area contributed by atoms with Crippen LogP contribution in [0.2, 0.25) is 0 Å². The third-order valence-corrected chi connectivity index (χ3v) is 4.27. The average molecular weight is 289 g/mol. The summed E-state index contributed by atoms with van der Waals surface area (Å²) >= 11 is 0. The summed E-state index contributed by atoms with van der Waals surface area (Å²) in [6, 6.07) is 3.00. The van der Waals surface area contributed by atoms with Gasteiger partial charge in [-0.15, -0.1) is 0 Å². The van der Waals surface area contributed by atoms with Crippen molar-refractivity contribution in [1.82, 2.24) is 9.62 Å². The Labute approximate surface area is 115 Å². The molecule has 7 heteroatoms. The van der Waals surface area contributed by atoms with E-state index in [-0.39, 0.29) is 11.6 Å². The Morgan fingerprint density at radius 1 is 1.32 bits per heavy atom. The average Bonchev–Trinajstić information content (AvgIpc) is 2.88. The molecule has 0 unspecified atom stereocenters. The Morgan fingerprint density at radius 3 is 2.53 bits per heavy atom. The maximum atomic E-state index is 11.9. The van der Waals surface area contributed by atoms with Crippen LogP contribution in [-0.2, 0) is 16.6 Å². The molecule has 110 valence electrons. The van der Waals surface area contributed by atoms with E-state index in [2.05, 4.69) is 23.5 Å². The van der Waals surface area contributed by atoms with E-state index >= 15 is 0 Å². The van der Waals surface area contributed by atoms with Crippen molar-refractivity contribution in [3.63, 3.8) is 0 Å². The summed E-state index contributed by atoms with van der Waals surface area (Å²) < 4.78 is 31.4. The van der Waals surface area contributed by atoms with Gasteiger partial charge in [0.1, 0.15) is 5.76 Å². The molecule has 0 saturated carbocycles. The van der Waals surface area contributed by atoms with Gasteiger partial charge in [0, 0.05) is 6.54 Å². The Morgan fingerprint density at radius 2 is 2.00 bits per heavy atom. The lowest BCUT2D eigenvalue weighted by Crippen LogP contribution is -2.29. The summed E-state index contributed by atoms with van der Waals surface area (Å²) in [5, 5.41) is -0.0733. The molecule has 1 aromatic rings. The first kappa shape index (κ1) is 16.2. The molecule has 1 rings (SSSR count). The van der Waals surface area contributed by atoms with Gasteiger partial charge in [0.15, 0.2) is 0 Å². The highest BCUT2D eigenvalue weighted by Crippen LogP contribution is 2.12. The van der Waals surface area contributed by atoms with Crippen LogP contribution in [0.5, 0.6) is 0 Å². The molecule has 0 aliphatic heterocycles. The number of nitrogens with zero attached hydrogens (tertiary/aromatic N) is 1. The summed E-state index contributed by atoms with van der Waals surface area (Å²) in [7, 11) is -3.55. The molecule has 0 aromatic carbocycles. The predicted octanol–water partition coefficient (Wildman–Crippen LogP) is 0.748. The SMILES string of the molecule is CCN(CC)CCCNS(=O)(=O)c1ccc(CN)o1. The number of rotatable bonds is 9. The zero-order valence-electron chi connectivity index (χ0n) is 11.6. The molecular formula is C12H23N3O3S. The van der Waals surface area contributed by atoms with E-state index in [0.717, 1.165) is 26.1 Å². The van der Waals surface area contributed by atoms with Gasteiger partial charge in [0.2, 0.25) is 5.09 Å². The third kappa shape index (κ3) is 4.94.